The van der Waals surface area contributed by atoms with E-state index >= 15 is 0 Å². The van der Waals surface area contributed by atoms with Crippen LogP contribution in [0.5, 0.6) is 0 Å². The SMILES string of the molecule is CC(C)(C)OC(=O)NCC(CN)c1sccc1Br. The smallest absolute Gasteiger partial charge is 0.407 e. The summed E-state index contributed by atoms with van der Waals surface area (Å²) in [5, 5.41) is 4.75. The minimum Gasteiger partial charge on any atom is -0.444 e. The van der Waals surface area contributed by atoms with Gasteiger partial charge in [-0.15, -0.1) is 11.3 Å². The molecule has 3 N–H and O–H groups in total. The van der Waals surface area contributed by atoms with Crippen molar-refractivity contribution in [1.82, 2.24) is 5.32 Å². The first-order valence-corrected chi connectivity index (χ1v) is 7.40. The summed E-state index contributed by atoms with van der Waals surface area (Å²) in [6.45, 7) is 6.47. The van der Waals surface area contributed by atoms with Gasteiger partial charge in [0.25, 0.3) is 0 Å². The first kappa shape index (κ1) is 15.5. The third-order valence-corrected chi connectivity index (χ3v) is 4.23. The second-order valence-electron chi connectivity index (χ2n) is 4.95. The number of halogens is 1. The van der Waals surface area contributed by atoms with Crippen LogP contribution in [0.15, 0.2) is 15.9 Å². The van der Waals surface area contributed by atoms with Crippen molar-refractivity contribution in [3.05, 3.63) is 20.8 Å². The molecular weight excluding hydrogens is 316 g/mol. The lowest BCUT2D eigenvalue weighted by Crippen LogP contribution is -2.36. The molecule has 0 bridgehead atoms. The molecule has 1 rings (SSSR count). The fourth-order valence-corrected chi connectivity index (χ4v) is 3.22. The molecule has 4 nitrogen and oxygen atoms in total. The van der Waals surface area contributed by atoms with E-state index in [9.17, 15) is 4.79 Å². The van der Waals surface area contributed by atoms with E-state index in [1.807, 2.05) is 32.2 Å². The van der Waals surface area contributed by atoms with Crippen molar-refractivity contribution >= 4 is 33.4 Å². The Morgan fingerprint density at radius 2 is 2.28 bits per heavy atom. The summed E-state index contributed by atoms with van der Waals surface area (Å²) in [5.74, 6) is 0.104. The topological polar surface area (TPSA) is 64.3 Å². The monoisotopic (exact) mass is 334 g/mol. The van der Waals surface area contributed by atoms with Crippen molar-refractivity contribution < 1.29 is 9.53 Å². The number of carbonyl (C=O) groups excluding carboxylic acids is 1. The standard InChI is InChI=1S/C12H19BrN2O2S/c1-12(2,3)17-11(16)15-7-8(6-14)10-9(13)4-5-18-10/h4-5,8H,6-7,14H2,1-3H3,(H,15,16). The molecule has 6 heteroatoms. The molecule has 0 saturated heterocycles. The molecule has 0 aromatic carbocycles. The molecule has 1 unspecified atom stereocenters. The van der Waals surface area contributed by atoms with E-state index < -0.39 is 11.7 Å². The Kier molecular flexibility index (Phi) is 5.62. The van der Waals surface area contributed by atoms with Crippen LogP contribution in [0.2, 0.25) is 0 Å². The lowest BCUT2D eigenvalue weighted by atomic mass is 10.1. The Morgan fingerprint density at radius 3 is 2.72 bits per heavy atom. The third kappa shape index (κ3) is 4.96. The summed E-state index contributed by atoms with van der Waals surface area (Å²) in [6, 6.07) is 1.98. The highest BCUT2D eigenvalue weighted by Crippen LogP contribution is 2.29. The van der Waals surface area contributed by atoms with Gasteiger partial charge in [0.05, 0.1) is 0 Å². The van der Waals surface area contributed by atoms with Gasteiger partial charge >= 0.3 is 6.09 Å². The van der Waals surface area contributed by atoms with E-state index in [2.05, 4.69) is 21.2 Å². The van der Waals surface area contributed by atoms with Crippen LogP contribution in [0, 0.1) is 0 Å². The van der Waals surface area contributed by atoms with Gasteiger partial charge in [-0.05, 0) is 48.1 Å². The number of nitrogens with one attached hydrogen (secondary N) is 1. The molecule has 0 saturated carbocycles. The normalized spacial score (nSPS) is 13.2. The Morgan fingerprint density at radius 1 is 1.61 bits per heavy atom. The fourth-order valence-electron chi connectivity index (χ4n) is 1.40. The zero-order valence-electron chi connectivity index (χ0n) is 10.8. The van der Waals surface area contributed by atoms with Crippen molar-refractivity contribution in [2.75, 3.05) is 13.1 Å². The molecule has 0 aliphatic rings. The molecule has 1 atom stereocenters. The lowest BCUT2D eigenvalue weighted by Gasteiger charge is -2.21. The molecule has 1 amide bonds. The number of alkyl carbamates (subject to hydrolysis) is 1. The highest BCUT2D eigenvalue weighted by molar-refractivity contribution is 9.10. The van der Waals surface area contributed by atoms with Gasteiger partial charge in [-0.2, -0.15) is 0 Å². The number of ether oxygens (including phenoxy) is 1. The molecule has 0 fully saturated rings. The summed E-state index contributed by atoms with van der Waals surface area (Å²) in [5.41, 5.74) is 5.26. The van der Waals surface area contributed by atoms with Crippen LogP contribution >= 0.6 is 27.3 Å². The summed E-state index contributed by atoms with van der Waals surface area (Å²) >= 11 is 5.10. The molecule has 0 spiro atoms. The van der Waals surface area contributed by atoms with E-state index in [-0.39, 0.29) is 5.92 Å². The average molecular weight is 335 g/mol. The Bertz CT molecular complexity index is 401. The van der Waals surface area contributed by atoms with Gasteiger partial charge in [-0.3, -0.25) is 0 Å². The molecule has 1 heterocycles. The molecule has 0 aliphatic carbocycles. The van der Waals surface area contributed by atoms with Crippen molar-refractivity contribution in [1.29, 1.82) is 0 Å². The summed E-state index contributed by atoms with van der Waals surface area (Å²) in [6.07, 6.45) is -0.409. The second kappa shape index (κ2) is 6.54. The Hall–Kier alpha value is -0.590. The number of amides is 1. The Balaban J connectivity index is 2.51. The van der Waals surface area contributed by atoms with Gasteiger partial charge < -0.3 is 15.8 Å². The maximum absolute atomic E-state index is 11.6. The minimum atomic E-state index is -0.480. The predicted molar refractivity (Wildman–Crippen MR) is 78.1 cm³/mol. The number of hydrogen-bond acceptors (Lipinski definition) is 4. The van der Waals surface area contributed by atoms with Crippen molar-refractivity contribution in [3.63, 3.8) is 0 Å². The third-order valence-electron chi connectivity index (χ3n) is 2.19. The summed E-state index contributed by atoms with van der Waals surface area (Å²) in [4.78, 5) is 12.7. The highest BCUT2D eigenvalue weighted by atomic mass is 79.9. The fraction of sp³-hybridized carbons (Fsp3) is 0.583. The number of nitrogens with two attached hydrogens (primary N) is 1. The van der Waals surface area contributed by atoms with Crippen LogP contribution in [0.3, 0.4) is 0 Å². The zero-order chi connectivity index (χ0) is 13.8. The van der Waals surface area contributed by atoms with E-state index in [0.29, 0.717) is 13.1 Å². The first-order valence-electron chi connectivity index (χ1n) is 5.73. The second-order valence-corrected chi connectivity index (χ2v) is 6.75. The van der Waals surface area contributed by atoms with Crippen LogP contribution in [-0.4, -0.2) is 24.8 Å². The Labute approximate surface area is 120 Å². The van der Waals surface area contributed by atoms with Crippen LogP contribution in [0.25, 0.3) is 0 Å². The van der Waals surface area contributed by atoms with Crippen LogP contribution < -0.4 is 11.1 Å². The molecule has 0 radical (unpaired) electrons. The average Bonchev–Trinajstić information content (AvgIpc) is 2.63. The number of hydrogen-bond donors (Lipinski definition) is 2. The molecule has 1 aromatic rings. The molecule has 18 heavy (non-hydrogen) atoms. The van der Waals surface area contributed by atoms with Crippen LogP contribution in [-0.2, 0) is 4.74 Å². The molecule has 0 aliphatic heterocycles. The maximum atomic E-state index is 11.6. The molecule has 1 aromatic heterocycles. The number of rotatable bonds is 4. The summed E-state index contributed by atoms with van der Waals surface area (Å²) in [7, 11) is 0. The summed E-state index contributed by atoms with van der Waals surface area (Å²) < 4.78 is 6.22. The zero-order valence-corrected chi connectivity index (χ0v) is 13.2. The predicted octanol–water partition coefficient (Wildman–Crippen LogP) is 3.08. The minimum absolute atomic E-state index is 0.104. The first-order chi connectivity index (χ1) is 8.33. The molecular formula is C12H19BrN2O2S. The van der Waals surface area contributed by atoms with Gasteiger partial charge in [0.2, 0.25) is 0 Å². The number of carbonyl (C=O) groups is 1. The maximum Gasteiger partial charge on any atom is 0.407 e. The van der Waals surface area contributed by atoms with Gasteiger partial charge in [-0.25, -0.2) is 4.79 Å². The van der Waals surface area contributed by atoms with Crippen molar-refractivity contribution in [2.45, 2.75) is 32.3 Å². The van der Waals surface area contributed by atoms with E-state index in [1.165, 1.54) is 0 Å². The molecule has 102 valence electrons. The number of thiophene rings is 1. The highest BCUT2D eigenvalue weighted by Gasteiger charge is 2.19. The van der Waals surface area contributed by atoms with Crippen LogP contribution in [0.4, 0.5) is 4.79 Å². The largest absolute Gasteiger partial charge is 0.444 e. The van der Waals surface area contributed by atoms with Gasteiger partial charge in [0.1, 0.15) is 5.60 Å². The lowest BCUT2D eigenvalue weighted by molar-refractivity contribution is 0.0525. The van der Waals surface area contributed by atoms with Gasteiger partial charge in [-0.1, -0.05) is 0 Å². The van der Waals surface area contributed by atoms with Crippen molar-refractivity contribution in [2.24, 2.45) is 5.73 Å². The van der Waals surface area contributed by atoms with Crippen LogP contribution in [0.1, 0.15) is 31.6 Å². The van der Waals surface area contributed by atoms with E-state index in [0.717, 1.165) is 9.35 Å². The van der Waals surface area contributed by atoms with Gasteiger partial charge in [0.15, 0.2) is 0 Å². The van der Waals surface area contributed by atoms with E-state index in [1.54, 1.807) is 11.3 Å². The van der Waals surface area contributed by atoms with Gasteiger partial charge in [0, 0.05) is 28.4 Å². The van der Waals surface area contributed by atoms with E-state index in [4.69, 9.17) is 10.5 Å². The van der Waals surface area contributed by atoms with Crippen molar-refractivity contribution in [3.8, 4) is 0 Å². The quantitative estimate of drug-likeness (QED) is 0.889.